The van der Waals surface area contributed by atoms with Gasteiger partial charge in [-0.15, -0.1) is 0 Å². The molecule has 1 unspecified atom stereocenters. The molecule has 0 saturated carbocycles. The van der Waals surface area contributed by atoms with Crippen molar-refractivity contribution >= 4 is 33.3 Å². The minimum Gasteiger partial charge on any atom is -0.466 e. The Morgan fingerprint density at radius 2 is 1.68 bits per heavy atom. The van der Waals surface area contributed by atoms with Gasteiger partial charge in [0.25, 0.3) is 15.7 Å². The van der Waals surface area contributed by atoms with Crippen LogP contribution in [0.2, 0.25) is 0 Å². The van der Waals surface area contributed by atoms with E-state index in [2.05, 4.69) is 10.0 Å². The molecule has 37 heavy (non-hydrogen) atoms. The predicted molar refractivity (Wildman–Crippen MR) is 138 cm³/mol. The zero-order chi connectivity index (χ0) is 26.8. The molecule has 3 rings (SSSR count). The second-order valence-corrected chi connectivity index (χ2v) is 9.74. The molecule has 1 atom stereocenters. The minimum absolute atomic E-state index is 0.0600. The van der Waals surface area contributed by atoms with Crippen LogP contribution >= 0.6 is 0 Å². The third-order valence-corrected chi connectivity index (χ3v) is 6.81. The van der Waals surface area contributed by atoms with Crippen molar-refractivity contribution in [3.8, 4) is 0 Å². The van der Waals surface area contributed by atoms with E-state index in [1.54, 1.807) is 31.2 Å². The quantitative estimate of drug-likeness (QED) is 0.207. The van der Waals surface area contributed by atoms with Crippen LogP contribution in [0.4, 0.5) is 11.4 Å². The fourth-order valence-electron chi connectivity index (χ4n) is 3.71. The molecule has 0 aromatic heterocycles. The first-order valence-corrected chi connectivity index (χ1v) is 13.0. The number of nitrogens with zero attached hydrogens (tertiary/aromatic N) is 1. The molecule has 0 aliphatic rings. The summed E-state index contributed by atoms with van der Waals surface area (Å²) >= 11 is 0. The Bertz CT molecular complexity index is 1360. The lowest BCUT2D eigenvalue weighted by Crippen LogP contribution is -2.28. The SMILES string of the molecule is CCOC(=O)CCNC(=O)CC(c1ccccc1)c1cccc(NS(=O)(=O)c2cccc([N+](=O)[O-])c2)c1. The van der Waals surface area contributed by atoms with E-state index in [1.807, 2.05) is 30.3 Å². The molecular formula is C26H27N3O7S. The molecule has 11 heteroatoms. The highest BCUT2D eigenvalue weighted by Crippen LogP contribution is 2.30. The van der Waals surface area contributed by atoms with Gasteiger partial charge < -0.3 is 10.1 Å². The molecule has 2 N–H and O–H groups in total. The van der Waals surface area contributed by atoms with E-state index >= 15 is 0 Å². The smallest absolute Gasteiger partial charge is 0.307 e. The van der Waals surface area contributed by atoms with Crippen molar-refractivity contribution in [2.75, 3.05) is 17.9 Å². The van der Waals surface area contributed by atoms with Crippen LogP contribution in [0.5, 0.6) is 0 Å². The highest BCUT2D eigenvalue weighted by molar-refractivity contribution is 7.92. The molecule has 0 bridgehead atoms. The third kappa shape index (κ3) is 7.87. The van der Waals surface area contributed by atoms with Gasteiger partial charge in [0.15, 0.2) is 0 Å². The van der Waals surface area contributed by atoms with E-state index in [-0.39, 0.29) is 48.2 Å². The number of ether oxygens (including phenoxy) is 1. The molecule has 0 aliphatic carbocycles. The number of carbonyl (C=O) groups excluding carboxylic acids is 2. The van der Waals surface area contributed by atoms with Gasteiger partial charge in [0.2, 0.25) is 5.91 Å². The second-order valence-electron chi connectivity index (χ2n) is 8.06. The van der Waals surface area contributed by atoms with Crippen molar-refractivity contribution < 1.29 is 27.7 Å². The van der Waals surface area contributed by atoms with Crippen LogP contribution < -0.4 is 10.0 Å². The number of non-ortho nitro benzene ring substituents is 1. The molecule has 10 nitrogen and oxygen atoms in total. The maximum atomic E-state index is 12.9. The van der Waals surface area contributed by atoms with E-state index in [0.29, 0.717) is 5.56 Å². The zero-order valence-electron chi connectivity index (χ0n) is 20.1. The summed E-state index contributed by atoms with van der Waals surface area (Å²) in [7, 11) is -4.10. The first-order chi connectivity index (χ1) is 17.7. The number of anilines is 1. The molecule has 3 aromatic rings. The summed E-state index contributed by atoms with van der Waals surface area (Å²) in [6.45, 7) is 2.12. The average molecular weight is 526 g/mol. The Morgan fingerprint density at radius 3 is 2.38 bits per heavy atom. The molecule has 0 radical (unpaired) electrons. The number of nitrogens with one attached hydrogen (secondary N) is 2. The van der Waals surface area contributed by atoms with Gasteiger partial charge in [-0.3, -0.25) is 24.4 Å². The van der Waals surface area contributed by atoms with Gasteiger partial charge in [-0.1, -0.05) is 48.5 Å². The molecule has 0 spiro atoms. The van der Waals surface area contributed by atoms with Gasteiger partial charge in [0, 0.05) is 36.7 Å². The molecule has 0 heterocycles. The van der Waals surface area contributed by atoms with Crippen molar-refractivity contribution in [3.05, 3.63) is 100 Å². The van der Waals surface area contributed by atoms with Crippen LogP contribution in [-0.2, 0) is 24.3 Å². The number of nitro benzene ring substituents is 1. The van der Waals surface area contributed by atoms with Gasteiger partial charge >= 0.3 is 5.97 Å². The van der Waals surface area contributed by atoms with Crippen LogP contribution in [0.15, 0.2) is 83.8 Å². The Hall–Kier alpha value is -4.25. The Kier molecular flexibility index (Phi) is 9.33. The maximum Gasteiger partial charge on any atom is 0.307 e. The Labute approximate surface area is 214 Å². The lowest BCUT2D eigenvalue weighted by Gasteiger charge is -2.19. The summed E-state index contributed by atoms with van der Waals surface area (Å²) in [5, 5.41) is 13.8. The average Bonchev–Trinajstić information content (AvgIpc) is 2.88. The fraction of sp³-hybridized carbons (Fsp3) is 0.231. The zero-order valence-corrected chi connectivity index (χ0v) is 20.9. The van der Waals surface area contributed by atoms with Crippen molar-refractivity contribution in [1.29, 1.82) is 0 Å². The normalized spacial score (nSPS) is 11.8. The monoisotopic (exact) mass is 525 g/mol. The topological polar surface area (TPSA) is 145 Å². The van der Waals surface area contributed by atoms with Crippen molar-refractivity contribution in [2.24, 2.45) is 0 Å². The van der Waals surface area contributed by atoms with Crippen molar-refractivity contribution in [1.82, 2.24) is 5.32 Å². The Morgan fingerprint density at radius 1 is 0.973 bits per heavy atom. The van der Waals surface area contributed by atoms with E-state index in [1.165, 1.54) is 18.2 Å². The maximum absolute atomic E-state index is 12.9. The number of benzene rings is 3. The summed E-state index contributed by atoms with van der Waals surface area (Å²) in [6.07, 6.45) is 0.123. The number of hydrogen-bond acceptors (Lipinski definition) is 7. The van der Waals surface area contributed by atoms with E-state index in [4.69, 9.17) is 4.74 Å². The first kappa shape index (κ1) is 27.3. The molecule has 3 aromatic carbocycles. The summed E-state index contributed by atoms with van der Waals surface area (Å²) in [5.74, 6) is -1.07. The number of amides is 1. The number of nitro groups is 1. The number of rotatable bonds is 12. The van der Waals surface area contributed by atoms with Gasteiger partial charge in [-0.05, 0) is 36.2 Å². The van der Waals surface area contributed by atoms with Crippen LogP contribution in [0.25, 0.3) is 0 Å². The lowest BCUT2D eigenvalue weighted by atomic mass is 9.88. The summed E-state index contributed by atoms with van der Waals surface area (Å²) in [6, 6.07) is 20.7. The second kappa shape index (κ2) is 12.6. The fourth-order valence-corrected chi connectivity index (χ4v) is 4.79. The van der Waals surface area contributed by atoms with Gasteiger partial charge in [0.1, 0.15) is 0 Å². The molecule has 0 aliphatic heterocycles. The third-order valence-electron chi connectivity index (χ3n) is 5.43. The predicted octanol–water partition coefficient (Wildman–Crippen LogP) is 3.99. The molecule has 0 saturated heterocycles. The van der Waals surface area contributed by atoms with Crippen LogP contribution in [0, 0.1) is 10.1 Å². The first-order valence-electron chi connectivity index (χ1n) is 11.5. The van der Waals surface area contributed by atoms with Crippen LogP contribution in [0.1, 0.15) is 36.8 Å². The number of esters is 1. The lowest BCUT2D eigenvalue weighted by molar-refractivity contribution is -0.385. The van der Waals surface area contributed by atoms with E-state index < -0.39 is 26.8 Å². The highest BCUT2D eigenvalue weighted by atomic mass is 32.2. The molecule has 0 fully saturated rings. The van der Waals surface area contributed by atoms with Gasteiger partial charge in [0.05, 0.1) is 22.8 Å². The van der Waals surface area contributed by atoms with Crippen LogP contribution in [0.3, 0.4) is 0 Å². The standard InChI is InChI=1S/C26H27N3O7S/c1-2-36-26(31)14-15-27-25(30)18-24(19-8-4-3-5-9-19)20-10-6-11-21(16-20)28-37(34,35)23-13-7-12-22(17-23)29(32)33/h3-13,16-17,24,28H,2,14-15,18H2,1H3,(H,27,30). The number of sulfonamides is 1. The molecule has 1 amide bonds. The molecule has 194 valence electrons. The summed E-state index contributed by atoms with van der Waals surface area (Å²) in [5.41, 5.74) is 1.44. The molecular weight excluding hydrogens is 498 g/mol. The Balaban J connectivity index is 1.81. The van der Waals surface area contributed by atoms with Gasteiger partial charge in [-0.2, -0.15) is 0 Å². The number of carbonyl (C=O) groups is 2. The van der Waals surface area contributed by atoms with E-state index in [9.17, 15) is 28.1 Å². The van der Waals surface area contributed by atoms with Crippen LogP contribution in [-0.4, -0.2) is 38.4 Å². The summed E-state index contributed by atoms with van der Waals surface area (Å²) < 4.78 is 33.1. The van der Waals surface area contributed by atoms with Crippen molar-refractivity contribution in [2.45, 2.75) is 30.6 Å². The van der Waals surface area contributed by atoms with E-state index in [0.717, 1.165) is 11.6 Å². The highest BCUT2D eigenvalue weighted by Gasteiger charge is 2.21. The number of hydrogen-bond donors (Lipinski definition) is 2. The van der Waals surface area contributed by atoms with Crippen molar-refractivity contribution in [3.63, 3.8) is 0 Å². The summed E-state index contributed by atoms with van der Waals surface area (Å²) in [4.78, 5) is 34.4. The minimum atomic E-state index is -4.10. The van der Waals surface area contributed by atoms with Gasteiger partial charge in [-0.25, -0.2) is 8.42 Å². The largest absolute Gasteiger partial charge is 0.466 e.